The zero-order valence-corrected chi connectivity index (χ0v) is 13.4. The largest absolute Gasteiger partial charge is 0.392 e. The first-order valence-electron chi connectivity index (χ1n) is 7.85. The molecule has 26 heavy (non-hydrogen) atoms. The summed E-state index contributed by atoms with van der Waals surface area (Å²) in [7, 11) is 0. The van der Waals surface area contributed by atoms with Gasteiger partial charge in [-0.25, -0.2) is 14.8 Å². The Kier molecular flexibility index (Phi) is 3.64. The molecule has 134 valence electrons. The van der Waals surface area contributed by atoms with E-state index in [0.29, 0.717) is 25.2 Å². The van der Waals surface area contributed by atoms with Gasteiger partial charge in [0.25, 0.3) is 11.5 Å². The van der Waals surface area contributed by atoms with Crippen LogP contribution in [0.15, 0.2) is 22.1 Å². The van der Waals surface area contributed by atoms with Crippen LogP contribution < -0.4 is 27.2 Å². The summed E-state index contributed by atoms with van der Waals surface area (Å²) < 4.78 is 0. The molecule has 0 aliphatic carbocycles. The van der Waals surface area contributed by atoms with Gasteiger partial charge in [-0.15, -0.1) is 0 Å². The minimum atomic E-state index is -0.796. The molecule has 0 spiro atoms. The minimum absolute atomic E-state index is 0.193. The average Bonchev–Trinajstić information content (AvgIpc) is 3.26. The van der Waals surface area contributed by atoms with E-state index in [4.69, 9.17) is 5.73 Å². The maximum absolute atomic E-state index is 12.4. The van der Waals surface area contributed by atoms with Gasteiger partial charge in [-0.2, -0.15) is 5.10 Å². The van der Waals surface area contributed by atoms with Crippen LogP contribution in [-0.2, 0) is 0 Å². The number of nitrogens with zero attached hydrogens (tertiary/aromatic N) is 4. The number of nitrogens with one attached hydrogen (secondary N) is 4. The van der Waals surface area contributed by atoms with Crippen molar-refractivity contribution in [2.75, 3.05) is 23.7 Å². The monoisotopic (exact) mass is 357 g/mol. The molecule has 1 unspecified atom stereocenters. The maximum Gasteiger partial charge on any atom is 0.326 e. The van der Waals surface area contributed by atoms with Crippen LogP contribution in [0.4, 0.5) is 11.5 Å². The zero-order valence-electron chi connectivity index (χ0n) is 13.4. The standard InChI is InChI=1S/C14H15N9O3/c15-8-9(20-14(26)21-12(8)24)13(25)19-6-1-2-23(4-6)11-7-3-18-22-10(7)16-5-17-11/h3,5-6H,1-2,4,15H2,(H,19,25)(H,16,17,18,22)(H2,20,21,24,26). The van der Waals surface area contributed by atoms with E-state index < -0.39 is 17.2 Å². The summed E-state index contributed by atoms with van der Waals surface area (Å²) in [5.74, 6) is 0.123. The molecule has 1 aliphatic heterocycles. The topological polar surface area (TPSA) is 179 Å². The van der Waals surface area contributed by atoms with Crippen LogP contribution in [0.5, 0.6) is 0 Å². The average molecular weight is 357 g/mol. The Morgan fingerprint density at radius 2 is 2.15 bits per heavy atom. The van der Waals surface area contributed by atoms with Gasteiger partial charge >= 0.3 is 5.69 Å². The van der Waals surface area contributed by atoms with Crippen LogP contribution in [-0.4, -0.2) is 55.2 Å². The Balaban J connectivity index is 1.51. The highest BCUT2D eigenvalue weighted by molar-refractivity contribution is 5.97. The molecule has 1 saturated heterocycles. The lowest BCUT2D eigenvalue weighted by Gasteiger charge is -2.18. The Bertz CT molecular complexity index is 1100. The van der Waals surface area contributed by atoms with E-state index in [2.05, 4.69) is 30.5 Å². The van der Waals surface area contributed by atoms with Crippen molar-refractivity contribution in [1.29, 1.82) is 0 Å². The van der Waals surface area contributed by atoms with Crippen LogP contribution in [0.3, 0.4) is 0 Å². The number of H-pyrrole nitrogens is 3. The highest BCUT2D eigenvalue weighted by Gasteiger charge is 2.27. The molecule has 0 aromatic carbocycles. The number of carbonyl (C=O) groups excluding carboxylic acids is 1. The van der Waals surface area contributed by atoms with Gasteiger partial charge in [-0.1, -0.05) is 0 Å². The van der Waals surface area contributed by atoms with E-state index in [1.807, 2.05) is 9.88 Å². The lowest BCUT2D eigenvalue weighted by Crippen LogP contribution is -2.40. The van der Waals surface area contributed by atoms with Gasteiger partial charge in [0.2, 0.25) is 0 Å². The lowest BCUT2D eigenvalue weighted by atomic mass is 10.2. The molecule has 6 N–H and O–H groups in total. The van der Waals surface area contributed by atoms with Gasteiger partial charge in [-0.05, 0) is 6.42 Å². The first-order valence-corrected chi connectivity index (χ1v) is 7.85. The number of anilines is 2. The lowest BCUT2D eigenvalue weighted by molar-refractivity contribution is 0.0935. The molecular formula is C14H15N9O3. The van der Waals surface area contributed by atoms with E-state index in [-0.39, 0.29) is 17.4 Å². The van der Waals surface area contributed by atoms with Crippen molar-refractivity contribution in [3.63, 3.8) is 0 Å². The van der Waals surface area contributed by atoms with Crippen molar-refractivity contribution >= 4 is 28.4 Å². The Morgan fingerprint density at radius 3 is 3.00 bits per heavy atom. The second-order valence-electron chi connectivity index (χ2n) is 5.93. The van der Waals surface area contributed by atoms with Crippen LogP contribution in [0.2, 0.25) is 0 Å². The Labute approximate surface area is 144 Å². The molecule has 0 radical (unpaired) electrons. The van der Waals surface area contributed by atoms with Gasteiger partial charge in [0.1, 0.15) is 23.5 Å². The molecule has 0 bridgehead atoms. The van der Waals surface area contributed by atoms with E-state index in [1.54, 1.807) is 6.20 Å². The number of amides is 1. The van der Waals surface area contributed by atoms with E-state index in [0.717, 1.165) is 11.2 Å². The van der Waals surface area contributed by atoms with Crippen molar-refractivity contribution in [2.45, 2.75) is 12.5 Å². The van der Waals surface area contributed by atoms with Gasteiger partial charge in [-0.3, -0.25) is 19.7 Å². The van der Waals surface area contributed by atoms with Crippen molar-refractivity contribution in [3.8, 4) is 0 Å². The summed E-state index contributed by atoms with van der Waals surface area (Å²) in [6, 6.07) is -0.193. The first-order chi connectivity index (χ1) is 12.5. The summed E-state index contributed by atoms with van der Waals surface area (Å²) in [5.41, 5.74) is 4.07. The quantitative estimate of drug-likeness (QED) is 0.369. The number of carbonyl (C=O) groups is 1. The summed E-state index contributed by atoms with van der Waals surface area (Å²) >= 11 is 0. The number of nitrogen functional groups attached to an aromatic ring is 1. The molecule has 3 aromatic heterocycles. The van der Waals surface area contributed by atoms with Crippen LogP contribution in [0, 0.1) is 0 Å². The zero-order chi connectivity index (χ0) is 18.3. The normalized spacial score (nSPS) is 16.9. The molecule has 4 heterocycles. The summed E-state index contributed by atoms with van der Waals surface area (Å²) in [4.78, 5) is 49.9. The van der Waals surface area contributed by atoms with Gasteiger partial charge < -0.3 is 20.9 Å². The van der Waals surface area contributed by atoms with Crippen molar-refractivity contribution in [3.05, 3.63) is 39.1 Å². The van der Waals surface area contributed by atoms with E-state index in [1.165, 1.54) is 6.33 Å². The molecule has 0 saturated carbocycles. The fraction of sp³-hybridized carbons (Fsp3) is 0.286. The number of rotatable bonds is 3. The molecule has 12 nitrogen and oxygen atoms in total. The van der Waals surface area contributed by atoms with Crippen molar-refractivity contribution in [2.24, 2.45) is 0 Å². The van der Waals surface area contributed by atoms with E-state index >= 15 is 0 Å². The van der Waals surface area contributed by atoms with Gasteiger partial charge in [0, 0.05) is 19.1 Å². The third-order valence-corrected chi connectivity index (χ3v) is 4.26. The predicted octanol–water partition coefficient (Wildman–Crippen LogP) is -1.68. The smallest absolute Gasteiger partial charge is 0.326 e. The van der Waals surface area contributed by atoms with Crippen LogP contribution >= 0.6 is 0 Å². The first kappa shape index (κ1) is 15.8. The number of fused-ring (bicyclic) bond motifs is 1. The Morgan fingerprint density at radius 1 is 1.31 bits per heavy atom. The summed E-state index contributed by atoms with van der Waals surface area (Å²) in [6.07, 6.45) is 3.77. The molecule has 3 aromatic rings. The molecule has 1 amide bonds. The fourth-order valence-electron chi connectivity index (χ4n) is 3.01. The number of nitrogens with two attached hydrogens (primary N) is 1. The number of aromatic nitrogens is 6. The third-order valence-electron chi connectivity index (χ3n) is 4.26. The summed E-state index contributed by atoms with van der Waals surface area (Å²) in [6.45, 7) is 1.18. The maximum atomic E-state index is 12.4. The second-order valence-corrected chi connectivity index (χ2v) is 5.93. The summed E-state index contributed by atoms with van der Waals surface area (Å²) in [5, 5.41) is 10.3. The molecule has 1 aliphatic rings. The van der Waals surface area contributed by atoms with E-state index in [9.17, 15) is 14.4 Å². The second kappa shape index (κ2) is 5.98. The van der Waals surface area contributed by atoms with Crippen LogP contribution in [0.25, 0.3) is 11.0 Å². The minimum Gasteiger partial charge on any atom is -0.392 e. The molecule has 4 rings (SSSR count). The van der Waals surface area contributed by atoms with Crippen molar-refractivity contribution < 1.29 is 4.79 Å². The number of aromatic amines is 3. The third kappa shape index (κ3) is 2.66. The molecule has 12 heteroatoms. The highest BCUT2D eigenvalue weighted by atomic mass is 16.2. The molecule has 1 atom stereocenters. The van der Waals surface area contributed by atoms with Crippen LogP contribution in [0.1, 0.15) is 16.9 Å². The fourth-order valence-corrected chi connectivity index (χ4v) is 3.01. The molecular weight excluding hydrogens is 342 g/mol. The van der Waals surface area contributed by atoms with Crippen molar-refractivity contribution in [1.82, 2.24) is 35.5 Å². The van der Waals surface area contributed by atoms with Gasteiger partial charge in [0.05, 0.1) is 11.6 Å². The predicted molar refractivity (Wildman–Crippen MR) is 91.9 cm³/mol. The number of hydrogen-bond acceptors (Lipinski definition) is 8. The Hall–Kier alpha value is -3.70. The molecule has 1 fully saturated rings. The SMILES string of the molecule is Nc1c(C(=O)NC2CCN(c3ncnc4[nH]ncc34)C2)[nH]c(=O)[nH]c1=O. The highest BCUT2D eigenvalue weighted by Crippen LogP contribution is 2.24. The van der Waals surface area contributed by atoms with Gasteiger partial charge in [0.15, 0.2) is 5.65 Å². The number of hydrogen-bond donors (Lipinski definition) is 5.